The minimum Gasteiger partial charge on any atom is -0.408 e. The highest BCUT2D eigenvalue weighted by molar-refractivity contribution is 6.31. The Labute approximate surface area is 188 Å². The number of fused-ring (bicyclic) bond motifs is 1. The highest BCUT2D eigenvalue weighted by Gasteiger charge is 2.27. The molecule has 0 bridgehead atoms. The molecule has 2 heterocycles. The van der Waals surface area contributed by atoms with Crippen molar-refractivity contribution in [1.82, 2.24) is 14.8 Å². The monoisotopic (exact) mass is 459 g/mol. The topological polar surface area (TPSA) is 84.5 Å². The molecule has 168 valence electrons. The lowest BCUT2D eigenvalue weighted by Crippen LogP contribution is -2.43. The van der Waals surface area contributed by atoms with Gasteiger partial charge in [0.15, 0.2) is 5.58 Å². The lowest BCUT2D eigenvalue weighted by molar-refractivity contribution is -0.135. The van der Waals surface area contributed by atoms with Gasteiger partial charge >= 0.3 is 5.76 Å². The summed E-state index contributed by atoms with van der Waals surface area (Å²) in [7, 11) is 0. The number of carbonyl (C=O) groups excluding carboxylic acids is 2. The van der Waals surface area contributed by atoms with Crippen LogP contribution in [-0.4, -0.2) is 34.4 Å². The van der Waals surface area contributed by atoms with Crippen molar-refractivity contribution < 1.29 is 18.4 Å². The number of aromatic nitrogens is 1. The van der Waals surface area contributed by atoms with E-state index in [-0.39, 0.29) is 36.5 Å². The number of nitrogens with one attached hydrogen (secondary N) is 1. The molecule has 1 fully saturated rings. The van der Waals surface area contributed by atoms with Gasteiger partial charge in [0.2, 0.25) is 11.8 Å². The van der Waals surface area contributed by atoms with Crippen LogP contribution >= 0.6 is 11.6 Å². The number of hydrogen-bond acceptors (Lipinski definition) is 4. The Kier molecular flexibility index (Phi) is 6.60. The van der Waals surface area contributed by atoms with Gasteiger partial charge in [-0.3, -0.25) is 14.2 Å². The summed E-state index contributed by atoms with van der Waals surface area (Å²) in [6.45, 7) is 1.54. The first-order chi connectivity index (χ1) is 15.4. The zero-order chi connectivity index (χ0) is 22.7. The van der Waals surface area contributed by atoms with E-state index in [1.165, 1.54) is 16.7 Å². The average Bonchev–Trinajstić information content (AvgIpc) is 3.10. The standard InChI is InChI=1S/C23H23ClFN3O4/c24-17-3-6-19-20(13-17)32-23(31)28(19)12-9-21(29)27-10-7-16(8-11-27)22(30)26-14-15-1-4-18(25)5-2-15/h1-6,13,16H,7-12,14H2,(H,26,30). The number of amides is 2. The second kappa shape index (κ2) is 9.56. The Balaban J connectivity index is 1.25. The number of hydrogen-bond donors (Lipinski definition) is 1. The van der Waals surface area contributed by atoms with Gasteiger partial charge in [0.25, 0.3) is 0 Å². The molecule has 1 aliphatic heterocycles. The van der Waals surface area contributed by atoms with Crippen molar-refractivity contribution in [2.24, 2.45) is 5.92 Å². The Morgan fingerprint density at radius 3 is 2.56 bits per heavy atom. The van der Waals surface area contributed by atoms with Gasteiger partial charge in [0, 0.05) is 49.6 Å². The molecule has 0 radical (unpaired) electrons. The number of benzene rings is 2. The molecule has 32 heavy (non-hydrogen) atoms. The van der Waals surface area contributed by atoms with E-state index in [4.69, 9.17) is 16.0 Å². The average molecular weight is 460 g/mol. The van der Waals surface area contributed by atoms with E-state index >= 15 is 0 Å². The fourth-order valence-electron chi connectivity index (χ4n) is 3.94. The summed E-state index contributed by atoms with van der Waals surface area (Å²) in [6, 6.07) is 10.9. The first-order valence-corrected chi connectivity index (χ1v) is 10.9. The molecule has 1 aromatic heterocycles. The zero-order valence-electron chi connectivity index (χ0n) is 17.4. The van der Waals surface area contributed by atoms with Crippen molar-refractivity contribution in [2.75, 3.05) is 13.1 Å². The fraction of sp³-hybridized carbons (Fsp3) is 0.348. The zero-order valence-corrected chi connectivity index (χ0v) is 18.1. The molecule has 2 aromatic carbocycles. The third kappa shape index (κ3) is 5.02. The number of piperidine rings is 1. The first-order valence-electron chi connectivity index (χ1n) is 10.5. The molecule has 7 nitrogen and oxygen atoms in total. The second-order valence-electron chi connectivity index (χ2n) is 7.88. The van der Waals surface area contributed by atoms with Gasteiger partial charge in [0.05, 0.1) is 5.52 Å². The van der Waals surface area contributed by atoms with E-state index in [2.05, 4.69) is 5.32 Å². The van der Waals surface area contributed by atoms with Crippen molar-refractivity contribution in [1.29, 1.82) is 0 Å². The van der Waals surface area contributed by atoms with Crippen molar-refractivity contribution in [3.8, 4) is 0 Å². The molecule has 0 aliphatic carbocycles. The first kappa shape index (κ1) is 22.1. The highest BCUT2D eigenvalue weighted by Crippen LogP contribution is 2.20. The van der Waals surface area contributed by atoms with Crippen LogP contribution in [0.5, 0.6) is 0 Å². The predicted octanol–water partition coefficient (Wildman–Crippen LogP) is 3.33. The van der Waals surface area contributed by atoms with Crippen molar-refractivity contribution >= 4 is 34.5 Å². The molecule has 1 N–H and O–H groups in total. The molecule has 0 saturated carbocycles. The van der Waals surface area contributed by atoms with Crippen molar-refractivity contribution in [2.45, 2.75) is 32.4 Å². The van der Waals surface area contributed by atoms with Gasteiger partial charge in [-0.25, -0.2) is 9.18 Å². The van der Waals surface area contributed by atoms with E-state index < -0.39 is 5.76 Å². The van der Waals surface area contributed by atoms with Gasteiger partial charge in [-0.15, -0.1) is 0 Å². The number of halogens is 2. The van der Waals surface area contributed by atoms with Gasteiger partial charge in [-0.05, 0) is 42.7 Å². The summed E-state index contributed by atoms with van der Waals surface area (Å²) in [4.78, 5) is 38.9. The van der Waals surface area contributed by atoms with Crippen molar-refractivity contribution in [3.05, 3.63) is 69.4 Å². The molecule has 4 rings (SSSR count). The number of rotatable bonds is 6. The van der Waals surface area contributed by atoms with Crippen LogP contribution in [0.1, 0.15) is 24.8 Å². The summed E-state index contributed by atoms with van der Waals surface area (Å²) in [5.41, 5.74) is 1.82. The van der Waals surface area contributed by atoms with Crippen LogP contribution in [0.4, 0.5) is 4.39 Å². The van der Waals surface area contributed by atoms with Crippen LogP contribution in [0, 0.1) is 11.7 Å². The van der Waals surface area contributed by atoms with Gasteiger partial charge < -0.3 is 14.6 Å². The van der Waals surface area contributed by atoms with E-state index in [1.54, 1.807) is 35.2 Å². The van der Waals surface area contributed by atoms with E-state index in [0.717, 1.165) is 5.56 Å². The quantitative estimate of drug-likeness (QED) is 0.612. The third-order valence-corrected chi connectivity index (χ3v) is 6.01. The Hall–Kier alpha value is -3.13. The fourth-order valence-corrected chi connectivity index (χ4v) is 4.11. The summed E-state index contributed by atoms with van der Waals surface area (Å²) in [5, 5.41) is 3.35. The lowest BCUT2D eigenvalue weighted by atomic mass is 9.95. The Bertz CT molecular complexity index is 1180. The molecule has 0 spiro atoms. The highest BCUT2D eigenvalue weighted by atomic mass is 35.5. The minimum absolute atomic E-state index is 0.0588. The Morgan fingerprint density at radius 2 is 1.84 bits per heavy atom. The normalized spacial score (nSPS) is 14.6. The summed E-state index contributed by atoms with van der Waals surface area (Å²) in [6.07, 6.45) is 1.32. The van der Waals surface area contributed by atoms with E-state index in [9.17, 15) is 18.8 Å². The van der Waals surface area contributed by atoms with Gasteiger partial charge in [-0.2, -0.15) is 0 Å². The molecule has 9 heteroatoms. The maximum Gasteiger partial charge on any atom is 0.419 e. The molecule has 3 aromatic rings. The largest absolute Gasteiger partial charge is 0.419 e. The van der Waals surface area contributed by atoms with Crippen molar-refractivity contribution in [3.63, 3.8) is 0 Å². The SMILES string of the molecule is O=C(NCc1ccc(F)cc1)C1CCN(C(=O)CCn2c(=O)oc3cc(Cl)ccc32)CC1. The van der Waals surface area contributed by atoms with E-state index in [1.807, 2.05) is 0 Å². The summed E-state index contributed by atoms with van der Waals surface area (Å²) < 4.78 is 19.6. The maximum atomic E-state index is 13.0. The minimum atomic E-state index is -0.522. The third-order valence-electron chi connectivity index (χ3n) is 5.78. The molecule has 2 amide bonds. The Morgan fingerprint density at radius 1 is 1.12 bits per heavy atom. The number of oxazole rings is 1. The van der Waals surface area contributed by atoms with Crippen LogP contribution in [-0.2, 0) is 22.7 Å². The molecule has 0 unspecified atom stereocenters. The molecular formula is C23H23ClFN3O4. The second-order valence-corrected chi connectivity index (χ2v) is 8.32. The number of likely N-dealkylation sites (tertiary alicyclic amines) is 1. The van der Waals surface area contributed by atoms with Crippen LogP contribution in [0.3, 0.4) is 0 Å². The molecule has 1 saturated heterocycles. The van der Waals surface area contributed by atoms with Crippen LogP contribution in [0.15, 0.2) is 51.7 Å². The number of carbonyl (C=O) groups is 2. The molecule has 0 atom stereocenters. The molecule has 1 aliphatic rings. The van der Waals surface area contributed by atoms with Crippen LogP contribution < -0.4 is 11.1 Å². The number of nitrogens with zero attached hydrogens (tertiary/aromatic N) is 2. The number of aryl methyl sites for hydroxylation is 1. The maximum absolute atomic E-state index is 13.0. The van der Waals surface area contributed by atoms with Gasteiger partial charge in [-0.1, -0.05) is 23.7 Å². The lowest BCUT2D eigenvalue weighted by Gasteiger charge is -2.31. The predicted molar refractivity (Wildman–Crippen MR) is 118 cm³/mol. The smallest absolute Gasteiger partial charge is 0.408 e. The molecular weight excluding hydrogens is 437 g/mol. The van der Waals surface area contributed by atoms with Gasteiger partial charge in [0.1, 0.15) is 5.82 Å². The summed E-state index contributed by atoms with van der Waals surface area (Å²) in [5.74, 6) is -1.12. The van der Waals surface area contributed by atoms with Crippen LogP contribution in [0.25, 0.3) is 11.1 Å². The summed E-state index contributed by atoms with van der Waals surface area (Å²) >= 11 is 5.93. The van der Waals surface area contributed by atoms with Crippen LogP contribution in [0.2, 0.25) is 5.02 Å². The van der Waals surface area contributed by atoms with E-state index in [0.29, 0.717) is 48.6 Å².